The van der Waals surface area contributed by atoms with Crippen LogP contribution in [0.5, 0.6) is 11.5 Å². The fourth-order valence-corrected chi connectivity index (χ4v) is 3.27. The smallest absolute Gasteiger partial charge is 0.306 e. The lowest BCUT2D eigenvalue weighted by atomic mass is 9.96. The maximum atomic E-state index is 12.8. The van der Waals surface area contributed by atoms with E-state index in [4.69, 9.17) is 9.84 Å². The zero-order chi connectivity index (χ0) is 17.8. The van der Waals surface area contributed by atoms with Gasteiger partial charge in [-0.25, -0.2) is 0 Å². The first-order chi connectivity index (χ1) is 12.0. The van der Waals surface area contributed by atoms with E-state index in [1.807, 2.05) is 30.3 Å². The number of nitrogens with zero attached hydrogens (tertiary/aromatic N) is 1. The van der Waals surface area contributed by atoms with E-state index in [0.717, 1.165) is 4.47 Å². The van der Waals surface area contributed by atoms with Crippen LogP contribution in [0, 0.1) is 5.92 Å². The van der Waals surface area contributed by atoms with E-state index in [-0.39, 0.29) is 11.8 Å². The van der Waals surface area contributed by atoms with E-state index in [0.29, 0.717) is 43.0 Å². The number of carboxylic acid groups (broad SMARTS) is 1. The Bertz CT molecular complexity index is 784. The van der Waals surface area contributed by atoms with Crippen LogP contribution in [0.3, 0.4) is 0 Å². The van der Waals surface area contributed by atoms with Crippen molar-refractivity contribution in [3.63, 3.8) is 0 Å². The summed E-state index contributed by atoms with van der Waals surface area (Å²) >= 11 is 3.40. The Hall–Kier alpha value is -2.34. The van der Waals surface area contributed by atoms with Gasteiger partial charge in [0, 0.05) is 17.6 Å². The van der Waals surface area contributed by atoms with Crippen molar-refractivity contribution >= 4 is 27.8 Å². The van der Waals surface area contributed by atoms with Crippen LogP contribution in [-0.4, -0.2) is 35.0 Å². The van der Waals surface area contributed by atoms with Gasteiger partial charge < -0.3 is 14.7 Å². The summed E-state index contributed by atoms with van der Waals surface area (Å²) in [6.45, 7) is 0.891. The zero-order valence-corrected chi connectivity index (χ0v) is 15.1. The third-order valence-electron chi connectivity index (χ3n) is 4.27. The Morgan fingerprint density at radius 2 is 1.80 bits per heavy atom. The van der Waals surface area contributed by atoms with Crippen molar-refractivity contribution in [1.82, 2.24) is 4.90 Å². The molecule has 0 aliphatic carbocycles. The third-order valence-corrected chi connectivity index (χ3v) is 4.77. The molecule has 2 aromatic carbocycles. The Morgan fingerprint density at radius 1 is 1.08 bits per heavy atom. The van der Waals surface area contributed by atoms with Crippen LogP contribution < -0.4 is 4.74 Å². The predicted molar refractivity (Wildman–Crippen MR) is 96.9 cm³/mol. The van der Waals surface area contributed by atoms with E-state index in [9.17, 15) is 9.59 Å². The van der Waals surface area contributed by atoms with Crippen LogP contribution in [-0.2, 0) is 4.79 Å². The number of para-hydroxylation sites is 1. The first-order valence-electron chi connectivity index (χ1n) is 8.09. The van der Waals surface area contributed by atoms with Gasteiger partial charge >= 0.3 is 5.97 Å². The summed E-state index contributed by atoms with van der Waals surface area (Å²) in [4.78, 5) is 25.6. The second-order valence-corrected chi connectivity index (χ2v) is 6.88. The number of piperidine rings is 1. The number of carbonyl (C=O) groups excluding carboxylic acids is 1. The highest BCUT2D eigenvalue weighted by Crippen LogP contribution is 2.29. The Balaban J connectivity index is 1.76. The Morgan fingerprint density at radius 3 is 2.48 bits per heavy atom. The highest BCUT2D eigenvalue weighted by Gasteiger charge is 2.28. The van der Waals surface area contributed by atoms with Crippen molar-refractivity contribution in [2.24, 2.45) is 5.92 Å². The molecule has 130 valence electrons. The summed E-state index contributed by atoms with van der Waals surface area (Å²) < 4.78 is 6.78. The first kappa shape index (κ1) is 17.5. The maximum absolute atomic E-state index is 12.8. The standard InChI is InChI=1S/C19H18BrNO4/c20-14-4-3-5-15(12-14)25-17-7-2-1-6-16(17)18(22)21-10-8-13(9-11-21)19(23)24/h1-7,12-13H,8-11H2,(H,23,24). The number of aliphatic carboxylic acids is 1. The van der Waals surface area contributed by atoms with E-state index in [1.165, 1.54) is 0 Å². The molecule has 0 unspecified atom stereocenters. The maximum Gasteiger partial charge on any atom is 0.306 e. The molecule has 6 heteroatoms. The Kier molecular flexibility index (Phi) is 5.38. The quantitative estimate of drug-likeness (QED) is 0.831. The van der Waals surface area contributed by atoms with Gasteiger partial charge in [-0.1, -0.05) is 34.1 Å². The lowest BCUT2D eigenvalue weighted by Gasteiger charge is -2.30. The fraction of sp³-hybridized carbons (Fsp3) is 0.263. The predicted octanol–water partition coefficient (Wildman–Crippen LogP) is 4.18. The molecule has 0 bridgehead atoms. The van der Waals surface area contributed by atoms with Gasteiger partial charge in [0.05, 0.1) is 11.5 Å². The molecule has 0 saturated carbocycles. The molecule has 0 atom stereocenters. The van der Waals surface area contributed by atoms with Crippen LogP contribution in [0.1, 0.15) is 23.2 Å². The molecule has 0 radical (unpaired) electrons. The molecule has 1 aliphatic rings. The average molecular weight is 404 g/mol. The van der Waals surface area contributed by atoms with E-state index < -0.39 is 5.97 Å². The number of benzene rings is 2. The van der Waals surface area contributed by atoms with Gasteiger partial charge in [0.2, 0.25) is 0 Å². The summed E-state index contributed by atoms with van der Waals surface area (Å²) in [7, 11) is 0. The molecule has 25 heavy (non-hydrogen) atoms. The SMILES string of the molecule is O=C(O)C1CCN(C(=O)c2ccccc2Oc2cccc(Br)c2)CC1. The van der Waals surface area contributed by atoms with Crippen LogP contribution in [0.4, 0.5) is 0 Å². The molecule has 1 aliphatic heterocycles. The van der Waals surface area contributed by atoms with Crippen LogP contribution in [0.15, 0.2) is 53.0 Å². The molecule has 0 spiro atoms. The molecule has 1 N–H and O–H groups in total. The van der Waals surface area contributed by atoms with Crippen molar-refractivity contribution < 1.29 is 19.4 Å². The highest BCUT2D eigenvalue weighted by molar-refractivity contribution is 9.10. The zero-order valence-electron chi connectivity index (χ0n) is 13.5. The summed E-state index contributed by atoms with van der Waals surface area (Å²) in [6, 6.07) is 14.5. The lowest BCUT2D eigenvalue weighted by molar-refractivity contribution is -0.143. The van der Waals surface area contributed by atoms with Gasteiger partial charge in [0.15, 0.2) is 0 Å². The number of ether oxygens (including phenoxy) is 1. The molecular weight excluding hydrogens is 386 g/mol. The highest BCUT2D eigenvalue weighted by atomic mass is 79.9. The van der Waals surface area contributed by atoms with Gasteiger partial charge in [-0.05, 0) is 43.2 Å². The number of rotatable bonds is 4. The van der Waals surface area contributed by atoms with Crippen LogP contribution in [0.25, 0.3) is 0 Å². The Labute approximate surface area is 154 Å². The number of carboxylic acids is 1. The minimum Gasteiger partial charge on any atom is -0.481 e. The molecule has 1 saturated heterocycles. The number of likely N-dealkylation sites (tertiary alicyclic amines) is 1. The normalized spacial score (nSPS) is 15.0. The monoisotopic (exact) mass is 403 g/mol. The van der Waals surface area contributed by atoms with Gasteiger partial charge in [-0.3, -0.25) is 9.59 Å². The van der Waals surface area contributed by atoms with Crippen molar-refractivity contribution in [3.8, 4) is 11.5 Å². The molecule has 1 amide bonds. The number of hydrogen-bond acceptors (Lipinski definition) is 3. The minimum atomic E-state index is -0.787. The molecule has 5 nitrogen and oxygen atoms in total. The molecule has 3 rings (SSSR count). The van der Waals surface area contributed by atoms with E-state index in [1.54, 1.807) is 23.1 Å². The van der Waals surface area contributed by atoms with Gasteiger partial charge in [0.25, 0.3) is 5.91 Å². The molecule has 1 fully saturated rings. The average Bonchev–Trinajstić information content (AvgIpc) is 2.62. The van der Waals surface area contributed by atoms with Crippen molar-refractivity contribution in [1.29, 1.82) is 0 Å². The fourth-order valence-electron chi connectivity index (χ4n) is 2.89. The van der Waals surface area contributed by atoms with Gasteiger partial charge in [-0.15, -0.1) is 0 Å². The largest absolute Gasteiger partial charge is 0.481 e. The summed E-state index contributed by atoms with van der Waals surface area (Å²) in [6.07, 6.45) is 0.964. The van der Waals surface area contributed by atoms with Crippen LogP contribution in [0.2, 0.25) is 0 Å². The molecule has 2 aromatic rings. The number of hydrogen-bond donors (Lipinski definition) is 1. The summed E-state index contributed by atoms with van der Waals surface area (Å²) in [5.41, 5.74) is 0.483. The van der Waals surface area contributed by atoms with Crippen molar-refractivity contribution in [2.45, 2.75) is 12.8 Å². The topological polar surface area (TPSA) is 66.8 Å². The van der Waals surface area contributed by atoms with Crippen molar-refractivity contribution in [3.05, 3.63) is 58.6 Å². The first-order valence-corrected chi connectivity index (χ1v) is 8.88. The number of halogens is 1. The summed E-state index contributed by atoms with van der Waals surface area (Å²) in [5.74, 6) is -0.151. The second kappa shape index (κ2) is 7.70. The number of carbonyl (C=O) groups is 2. The molecule has 1 heterocycles. The van der Waals surface area contributed by atoms with E-state index in [2.05, 4.69) is 15.9 Å². The van der Waals surface area contributed by atoms with Crippen molar-refractivity contribution in [2.75, 3.05) is 13.1 Å². The van der Waals surface area contributed by atoms with Gasteiger partial charge in [-0.2, -0.15) is 0 Å². The molecule has 0 aromatic heterocycles. The van der Waals surface area contributed by atoms with Gasteiger partial charge in [0.1, 0.15) is 11.5 Å². The summed E-state index contributed by atoms with van der Waals surface area (Å²) in [5, 5.41) is 9.08. The second-order valence-electron chi connectivity index (χ2n) is 5.96. The minimum absolute atomic E-state index is 0.130. The van der Waals surface area contributed by atoms with E-state index >= 15 is 0 Å². The lowest BCUT2D eigenvalue weighted by Crippen LogP contribution is -2.40. The third kappa shape index (κ3) is 4.20. The molecular formula is C19H18BrNO4. The number of amides is 1. The van der Waals surface area contributed by atoms with Crippen LogP contribution >= 0.6 is 15.9 Å².